The summed E-state index contributed by atoms with van der Waals surface area (Å²) in [5.74, 6) is -5.73. The van der Waals surface area contributed by atoms with E-state index in [9.17, 15) is 38.7 Å². The molecule has 0 radical (unpaired) electrons. The second kappa shape index (κ2) is 20.8. The largest absolute Gasteiger partial charge is 0.480 e. The molecule has 0 spiro atoms. The lowest BCUT2D eigenvalue weighted by Gasteiger charge is -2.27. The van der Waals surface area contributed by atoms with E-state index in [1.165, 1.54) is 4.90 Å². The molecule has 0 unspecified atom stereocenters. The van der Waals surface area contributed by atoms with Crippen molar-refractivity contribution in [3.8, 4) is 0 Å². The number of rotatable bonds is 21. The SMILES string of the molecule is CC(C)C[C@H](NC(=O)[C@H](CC(N)=O)NC(=O)[C@@H](N)CCCNC(N)N)C(=O)N[C@@H](Cc1ccccc1)C(=O)NCC(=O)N1CCC[C@H]1C(=O)O. The first-order valence-electron chi connectivity index (χ1n) is 16.6. The molecule has 0 saturated carbocycles. The number of carbonyl (C=O) groups excluding carboxylic acids is 6. The van der Waals surface area contributed by atoms with Crippen LogP contribution in [0.5, 0.6) is 0 Å². The van der Waals surface area contributed by atoms with E-state index in [1.807, 2.05) is 13.8 Å². The van der Waals surface area contributed by atoms with Crippen LogP contribution in [0.2, 0.25) is 0 Å². The monoisotopic (exact) mass is 704 g/mol. The van der Waals surface area contributed by atoms with Crippen molar-refractivity contribution in [2.45, 2.75) is 95.3 Å². The molecule has 2 rings (SSSR count). The molecule has 1 aromatic rings. The van der Waals surface area contributed by atoms with Gasteiger partial charge in [-0.05, 0) is 50.1 Å². The van der Waals surface area contributed by atoms with Gasteiger partial charge in [0.1, 0.15) is 30.5 Å². The number of primary amides is 1. The maximum Gasteiger partial charge on any atom is 0.326 e. The Morgan fingerprint density at radius 1 is 0.880 bits per heavy atom. The molecule has 6 amide bonds. The molecule has 278 valence electrons. The Bertz CT molecular complexity index is 1330. The van der Waals surface area contributed by atoms with Crippen LogP contribution in [0.4, 0.5) is 0 Å². The fourth-order valence-electron chi connectivity index (χ4n) is 5.43. The second-order valence-electron chi connectivity index (χ2n) is 12.7. The highest BCUT2D eigenvalue weighted by Gasteiger charge is 2.35. The number of nitrogens with two attached hydrogens (primary N) is 4. The Kier molecular flexibility index (Phi) is 17.2. The van der Waals surface area contributed by atoms with Gasteiger partial charge in [-0.25, -0.2) is 4.79 Å². The second-order valence-corrected chi connectivity index (χ2v) is 12.7. The van der Waals surface area contributed by atoms with Crippen LogP contribution in [-0.2, 0) is 40.0 Å². The molecule has 0 bridgehead atoms. The topological polar surface area (TPSA) is 307 Å². The van der Waals surface area contributed by atoms with Gasteiger partial charge < -0.3 is 54.2 Å². The first-order chi connectivity index (χ1) is 23.6. The molecule has 0 aliphatic carbocycles. The van der Waals surface area contributed by atoms with E-state index >= 15 is 0 Å². The van der Waals surface area contributed by atoms with Crippen LogP contribution in [0.1, 0.15) is 57.9 Å². The molecule has 1 aromatic carbocycles. The first kappa shape index (κ1) is 41.5. The van der Waals surface area contributed by atoms with Crippen molar-refractivity contribution >= 4 is 41.4 Å². The summed E-state index contributed by atoms with van der Waals surface area (Å²) in [6, 6.07) is 2.93. The van der Waals surface area contributed by atoms with Crippen molar-refractivity contribution in [1.29, 1.82) is 0 Å². The predicted molar refractivity (Wildman–Crippen MR) is 182 cm³/mol. The van der Waals surface area contributed by atoms with Crippen LogP contribution in [0, 0.1) is 5.92 Å². The minimum Gasteiger partial charge on any atom is -0.480 e. The van der Waals surface area contributed by atoms with Crippen LogP contribution in [0.25, 0.3) is 0 Å². The van der Waals surface area contributed by atoms with Gasteiger partial charge in [0, 0.05) is 13.0 Å². The van der Waals surface area contributed by atoms with E-state index in [1.54, 1.807) is 30.3 Å². The normalized spacial score (nSPS) is 16.6. The van der Waals surface area contributed by atoms with Crippen molar-refractivity contribution in [3.63, 3.8) is 0 Å². The maximum atomic E-state index is 13.7. The Labute approximate surface area is 291 Å². The quantitative estimate of drug-likeness (QED) is 0.0445. The molecule has 18 heteroatoms. The summed E-state index contributed by atoms with van der Waals surface area (Å²) in [6.07, 6.45) is 0.321. The molecule has 1 saturated heterocycles. The lowest BCUT2D eigenvalue weighted by molar-refractivity contribution is -0.148. The fraction of sp³-hybridized carbons (Fsp3) is 0.594. The van der Waals surface area contributed by atoms with Gasteiger partial charge in [-0.2, -0.15) is 0 Å². The summed E-state index contributed by atoms with van der Waals surface area (Å²) in [4.78, 5) is 90.6. The van der Waals surface area contributed by atoms with Gasteiger partial charge >= 0.3 is 5.97 Å². The van der Waals surface area contributed by atoms with Gasteiger partial charge in [-0.1, -0.05) is 44.2 Å². The number of hydrogen-bond donors (Lipinski definition) is 10. The Balaban J connectivity index is 2.18. The van der Waals surface area contributed by atoms with Gasteiger partial charge in [0.25, 0.3) is 0 Å². The summed E-state index contributed by atoms with van der Waals surface area (Å²) in [6.45, 7) is 3.77. The van der Waals surface area contributed by atoms with Gasteiger partial charge in [-0.15, -0.1) is 0 Å². The summed E-state index contributed by atoms with van der Waals surface area (Å²) in [5, 5.41) is 22.4. The van der Waals surface area contributed by atoms with Crippen LogP contribution in [0.3, 0.4) is 0 Å². The Morgan fingerprint density at radius 2 is 1.50 bits per heavy atom. The molecule has 0 aromatic heterocycles. The third-order valence-corrected chi connectivity index (χ3v) is 7.97. The highest BCUT2D eigenvalue weighted by Crippen LogP contribution is 2.17. The van der Waals surface area contributed by atoms with E-state index in [2.05, 4.69) is 26.6 Å². The highest BCUT2D eigenvalue weighted by molar-refractivity contribution is 5.97. The molecule has 5 atom stereocenters. The molecule has 1 heterocycles. The van der Waals surface area contributed by atoms with Crippen LogP contribution >= 0.6 is 0 Å². The number of carboxylic acids is 1. The first-order valence-corrected chi connectivity index (χ1v) is 16.6. The molecule has 1 aliphatic heterocycles. The van der Waals surface area contributed by atoms with Crippen LogP contribution in [-0.4, -0.2) is 108 Å². The van der Waals surface area contributed by atoms with Crippen molar-refractivity contribution in [1.82, 2.24) is 31.5 Å². The number of nitrogens with zero attached hydrogens (tertiary/aromatic N) is 1. The van der Waals surface area contributed by atoms with Crippen molar-refractivity contribution in [3.05, 3.63) is 35.9 Å². The lowest BCUT2D eigenvalue weighted by atomic mass is 10.0. The molecule has 50 heavy (non-hydrogen) atoms. The summed E-state index contributed by atoms with van der Waals surface area (Å²) in [7, 11) is 0. The fourth-order valence-corrected chi connectivity index (χ4v) is 5.43. The number of hydrogen-bond acceptors (Lipinski definition) is 11. The minimum atomic E-state index is -1.45. The maximum absolute atomic E-state index is 13.7. The van der Waals surface area contributed by atoms with E-state index in [0.717, 1.165) is 0 Å². The van der Waals surface area contributed by atoms with E-state index in [-0.39, 0.29) is 31.7 Å². The molecule has 1 fully saturated rings. The zero-order chi connectivity index (χ0) is 37.4. The number of likely N-dealkylation sites (tertiary alicyclic amines) is 1. The smallest absolute Gasteiger partial charge is 0.326 e. The number of amides is 6. The number of benzene rings is 1. The average Bonchev–Trinajstić information content (AvgIpc) is 3.55. The number of aliphatic carboxylic acids is 1. The zero-order valence-electron chi connectivity index (χ0n) is 28.6. The van der Waals surface area contributed by atoms with Gasteiger partial charge in [-0.3, -0.25) is 34.1 Å². The standard InChI is InChI=1S/C32H52N10O8/c1-18(2)14-21(40-30(48)23(16-25(34)43)39-27(45)20(33)10-6-12-37-32(35)36)29(47)41-22(15-19-8-4-3-5-9-19)28(46)38-17-26(44)42-13-7-11-24(42)31(49)50/h3-5,8-9,18,20-24,32,37H,6-7,10-17,33,35-36H2,1-2H3,(H2,34,43)(H,38,46)(H,39,45)(H,40,48)(H,41,47)(H,49,50)/t20-,21-,22-,23-,24-/m0/s1. The van der Waals surface area contributed by atoms with Gasteiger partial charge in [0.15, 0.2) is 0 Å². The van der Waals surface area contributed by atoms with E-state index in [4.69, 9.17) is 22.9 Å². The number of carbonyl (C=O) groups is 7. The highest BCUT2D eigenvalue weighted by atomic mass is 16.4. The Hall–Kier alpha value is -4.65. The van der Waals surface area contributed by atoms with Crippen molar-refractivity contribution in [2.75, 3.05) is 19.6 Å². The lowest BCUT2D eigenvalue weighted by Crippen LogP contribution is -2.59. The molecule has 1 aliphatic rings. The molecule has 18 nitrogen and oxygen atoms in total. The summed E-state index contributed by atoms with van der Waals surface area (Å²) in [5.41, 5.74) is 22.9. The molecular weight excluding hydrogens is 652 g/mol. The van der Waals surface area contributed by atoms with Gasteiger partial charge in [0.2, 0.25) is 35.4 Å². The van der Waals surface area contributed by atoms with Gasteiger partial charge in [0.05, 0.1) is 19.0 Å². The average molecular weight is 705 g/mol. The molecular formula is C32H52N10O8. The van der Waals surface area contributed by atoms with E-state index in [0.29, 0.717) is 31.4 Å². The zero-order valence-corrected chi connectivity index (χ0v) is 28.6. The third-order valence-electron chi connectivity index (χ3n) is 7.97. The van der Waals surface area contributed by atoms with Crippen LogP contribution in [0.15, 0.2) is 30.3 Å². The number of carboxylic acid groups (broad SMARTS) is 1. The summed E-state index contributed by atoms with van der Waals surface area (Å²) < 4.78 is 0. The van der Waals surface area contributed by atoms with Crippen molar-refractivity contribution < 1.29 is 38.7 Å². The summed E-state index contributed by atoms with van der Waals surface area (Å²) >= 11 is 0. The third kappa shape index (κ3) is 14.5. The Morgan fingerprint density at radius 3 is 2.10 bits per heavy atom. The van der Waals surface area contributed by atoms with E-state index < -0.39 is 90.9 Å². The van der Waals surface area contributed by atoms with Crippen molar-refractivity contribution in [2.24, 2.45) is 28.9 Å². The number of nitrogens with one attached hydrogen (secondary N) is 5. The van der Waals surface area contributed by atoms with Crippen LogP contribution < -0.4 is 49.5 Å². The minimum absolute atomic E-state index is 0.0292. The molecule has 14 N–H and O–H groups in total. The predicted octanol–water partition coefficient (Wildman–Crippen LogP) is -3.31.